The smallest absolute Gasteiger partial charge is 0.266 e. The van der Waals surface area contributed by atoms with Crippen molar-refractivity contribution in [3.63, 3.8) is 0 Å². The summed E-state index contributed by atoms with van der Waals surface area (Å²) in [5, 5.41) is 9.85. The van der Waals surface area contributed by atoms with E-state index in [9.17, 15) is 23.1 Å². The lowest BCUT2D eigenvalue weighted by Gasteiger charge is -2.37. The molecule has 20 heavy (non-hydrogen) atoms. The van der Waals surface area contributed by atoms with Crippen LogP contribution in [-0.4, -0.2) is 41.0 Å². The summed E-state index contributed by atoms with van der Waals surface area (Å²) in [6, 6.07) is 3.60. The van der Waals surface area contributed by atoms with Crippen molar-refractivity contribution in [2.75, 3.05) is 13.1 Å². The second kappa shape index (κ2) is 5.61. The van der Waals surface area contributed by atoms with Crippen molar-refractivity contribution in [3.8, 4) is 0 Å². The van der Waals surface area contributed by atoms with E-state index in [2.05, 4.69) is 0 Å². The first-order valence-electron chi connectivity index (χ1n) is 6.08. The summed E-state index contributed by atoms with van der Waals surface area (Å²) in [7, 11) is 0. The van der Waals surface area contributed by atoms with Gasteiger partial charge in [-0.25, -0.2) is 13.2 Å². The number of benzene rings is 1. The number of carbonyl (C=O) groups is 1. The van der Waals surface area contributed by atoms with Crippen LogP contribution in [0.5, 0.6) is 0 Å². The van der Waals surface area contributed by atoms with Crippen LogP contribution in [0.4, 0.5) is 13.2 Å². The van der Waals surface area contributed by atoms with Gasteiger partial charge in [-0.15, -0.1) is 0 Å². The number of carbonyl (C=O) groups excluding carboxylic acids is 1. The van der Waals surface area contributed by atoms with E-state index in [1.165, 1.54) is 17.0 Å². The second-order valence-electron chi connectivity index (χ2n) is 4.82. The molecule has 0 spiro atoms. The Kier molecular flexibility index (Phi) is 4.25. The molecule has 1 N–H and O–H groups in total. The van der Waals surface area contributed by atoms with Crippen LogP contribution in [0.1, 0.15) is 23.2 Å². The van der Waals surface area contributed by atoms with Crippen molar-refractivity contribution >= 4 is 17.5 Å². The number of halogens is 4. The molecule has 3 nitrogen and oxygen atoms in total. The molecule has 1 fully saturated rings. The summed E-state index contributed by atoms with van der Waals surface area (Å²) < 4.78 is 38.9. The zero-order valence-corrected chi connectivity index (χ0v) is 11.2. The molecule has 1 aromatic carbocycles. The SMILES string of the molecule is O=C(c1cc(Cl)ccc1F)N1CCC(O)(C(F)F)CC1. The molecule has 0 aromatic heterocycles. The summed E-state index contributed by atoms with van der Waals surface area (Å²) in [6.07, 6.45) is -3.33. The maximum atomic E-state index is 13.6. The molecule has 7 heteroatoms. The Bertz CT molecular complexity index is 516. The molecule has 1 heterocycles. The van der Waals surface area contributed by atoms with Gasteiger partial charge < -0.3 is 10.0 Å². The highest BCUT2D eigenvalue weighted by Crippen LogP contribution is 2.29. The van der Waals surface area contributed by atoms with E-state index in [0.717, 1.165) is 6.07 Å². The van der Waals surface area contributed by atoms with Crippen LogP contribution in [0.15, 0.2) is 18.2 Å². The van der Waals surface area contributed by atoms with Crippen LogP contribution in [0.3, 0.4) is 0 Å². The number of piperidine rings is 1. The third-order valence-electron chi connectivity index (χ3n) is 3.48. The predicted molar refractivity (Wildman–Crippen MR) is 67.5 cm³/mol. The van der Waals surface area contributed by atoms with Crippen LogP contribution in [0, 0.1) is 5.82 Å². The summed E-state index contributed by atoms with van der Waals surface area (Å²) in [6.45, 7) is -0.0999. The number of rotatable bonds is 2. The Labute approximate surface area is 118 Å². The number of hydrogen-bond acceptors (Lipinski definition) is 2. The first kappa shape index (κ1) is 15.1. The van der Waals surface area contributed by atoms with Gasteiger partial charge in [-0.05, 0) is 31.0 Å². The molecule has 1 amide bonds. The summed E-state index contributed by atoms with van der Waals surface area (Å²) in [5.74, 6) is -1.32. The molecule has 0 unspecified atom stereocenters. The Morgan fingerprint density at radius 1 is 1.35 bits per heavy atom. The Morgan fingerprint density at radius 3 is 2.50 bits per heavy atom. The highest BCUT2D eigenvalue weighted by molar-refractivity contribution is 6.31. The highest BCUT2D eigenvalue weighted by atomic mass is 35.5. The third kappa shape index (κ3) is 2.91. The molecule has 0 aliphatic carbocycles. The molecule has 0 saturated carbocycles. The molecular formula is C13H13ClF3NO2. The molecule has 1 aromatic rings. The lowest BCUT2D eigenvalue weighted by Crippen LogP contribution is -2.50. The zero-order valence-electron chi connectivity index (χ0n) is 10.5. The number of amides is 1. The lowest BCUT2D eigenvalue weighted by atomic mass is 9.91. The van der Waals surface area contributed by atoms with Gasteiger partial charge in [-0.1, -0.05) is 11.6 Å². The van der Waals surface area contributed by atoms with E-state index in [1.807, 2.05) is 0 Å². The van der Waals surface area contributed by atoms with Gasteiger partial charge in [0.2, 0.25) is 0 Å². The minimum atomic E-state index is -2.86. The molecule has 1 saturated heterocycles. The third-order valence-corrected chi connectivity index (χ3v) is 3.72. The summed E-state index contributed by atoms with van der Waals surface area (Å²) in [4.78, 5) is 13.4. The quantitative estimate of drug-likeness (QED) is 0.912. The summed E-state index contributed by atoms with van der Waals surface area (Å²) in [5.41, 5.74) is -2.26. The Hall–Kier alpha value is -1.27. The topological polar surface area (TPSA) is 40.5 Å². The highest BCUT2D eigenvalue weighted by Gasteiger charge is 2.41. The minimum absolute atomic E-state index is 0.0500. The van der Waals surface area contributed by atoms with E-state index in [4.69, 9.17) is 11.6 Å². The van der Waals surface area contributed by atoms with Gasteiger partial charge in [0.05, 0.1) is 5.56 Å². The van der Waals surface area contributed by atoms with Crippen LogP contribution in [0.25, 0.3) is 0 Å². The van der Waals surface area contributed by atoms with Gasteiger partial charge in [-0.2, -0.15) is 0 Å². The van der Waals surface area contributed by atoms with Gasteiger partial charge in [0.1, 0.15) is 11.4 Å². The van der Waals surface area contributed by atoms with Gasteiger partial charge in [0, 0.05) is 18.1 Å². The van der Waals surface area contributed by atoms with Gasteiger partial charge in [0.15, 0.2) is 0 Å². The number of aliphatic hydroxyl groups is 1. The van der Waals surface area contributed by atoms with E-state index in [0.29, 0.717) is 0 Å². The molecule has 2 rings (SSSR count). The van der Waals surface area contributed by atoms with Gasteiger partial charge in [0.25, 0.3) is 12.3 Å². The van der Waals surface area contributed by atoms with Crippen molar-refractivity contribution < 1.29 is 23.1 Å². The number of nitrogens with zero attached hydrogens (tertiary/aromatic N) is 1. The number of likely N-dealkylation sites (tertiary alicyclic amines) is 1. The predicted octanol–water partition coefficient (Wildman–Crippen LogP) is 2.71. The van der Waals surface area contributed by atoms with E-state index in [-0.39, 0.29) is 36.5 Å². The molecular weight excluding hydrogens is 295 g/mol. The molecule has 0 atom stereocenters. The largest absolute Gasteiger partial charge is 0.384 e. The van der Waals surface area contributed by atoms with Gasteiger partial charge >= 0.3 is 0 Å². The molecule has 0 radical (unpaired) electrons. The average Bonchev–Trinajstić information content (AvgIpc) is 2.41. The standard InChI is InChI=1S/C13H13ClF3NO2/c14-8-1-2-10(15)9(7-8)11(19)18-5-3-13(20,4-6-18)12(16)17/h1-2,7,12,20H,3-6H2. The Balaban J connectivity index is 2.11. The molecule has 0 bridgehead atoms. The summed E-state index contributed by atoms with van der Waals surface area (Å²) >= 11 is 5.71. The maximum absolute atomic E-state index is 13.6. The second-order valence-corrected chi connectivity index (χ2v) is 5.26. The van der Waals surface area contributed by atoms with E-state index >= 15 is 0 Å². The van der Waals surface area contributed by atoms with Crippen LogP contribution >= 0.6 is 11.6 Å². The van der Waals surface area contributed by atoms with Crippen molar-refractivity contribution in [3.05, 3.63) is 34.6 Å². The van der Waals surface area contributed by atoms with E-state index < -0.39 is 23.8 Å². The fourth-order valence-corrected chi connectivity index (χ4v) is 2.32. The zero-order chi connectivity index (χ0) is 14.9. The molecule has 1 aliphatic rings. The van der Waals surface area contributed by atoms with Crippen LogP contribution < -0.4 is 0 Å². The van der Waals surface area contributed by atoms with Crippen molar-refractivity contribution in [2.45, 2.75) is 24.9 Å². The van der Waals surface area contributed by atoms with Crippen molar-refractivity contribution in [1.82, 2.24) is 4.90 Å². The molecule has 110 valence electrons. The first-order valence-corrected chi connectivity index (χ1v) is 6.46. The normalized spacial score (nSPS) is 18.4. The van der Waals surface area contributed by atoms with Crippen LogP contribution in [-0.2, 0) is 0 Å². The number of alkyl halides is 2. The van der Waals surface area contributed by atoms with Crippen molar-refractivity contribution in [1.29, 1.82) is 0 Å². The lowest BCUT2D eigenvalue weighted by molar-refractivity contribution is -0.122. The molecule has 1 aliphatic heterocycles. The van der Waals surface area contributed by atoms with Crippen LogP contribution in [0.2, 0.25) is 5.02 Å². The fraction of sp³-hybridized carbons (Fsp3) is 0.462. The van der Waals surface area contributed by atoms with Crippen molar-refractivity contribution in [2.24, 2.45) is 0 Å². The minimum Gasteiger partial charge on any atom is -0.384 e. The van der Waals surface area contributed by atoms with E-state index in [1.54, 1.807) is 0 Å². The van der Waals surface area contributed by atoms with Gasteiger partial charge in [-0.3, -0.25) is 4.79 Å². The monoisotopic (exact) mass is 307 g/mol. The average molecular weight is 308 g/mol. The number of hydrogen-bond donors (Lipinski definition) is 1. The maximum Gasteiger partial charge on any atom is 0.266 e. The Morgan fingerprint density at radius 2 is 1.95 bits per heavy atom. The first-order chi connectivity index (χ1) is 9.33. The fourth-order valence-electron chi connectivity index (χ4n) is 2.15.